The van der Waals surface area contributed by atoms with Crippen molar-refractivity contribution in [3.8, 4) is 11.5 Å². The smallest absolute Gasteiger partial charge is 0.265 e. The zero-order valence-electron chi connectivity index (χ0n) is 11.0. The highest BCUT2D eigenvalue weighted by Crippen LogP contribution is 2.17. The van der Waals surface area contributed by atoms with Gasteiger partial charge in [-0.1, -0.05) is 0 Å². The molecule has 112 valence electrons. The van der Waals surface area contributed by atoms with Gasteiger partial charge in [0.2, 0.25) is 0 Å². The Labute approximate surface area is 115 Å². The second kappa shape index (κ2) is 8.31. The molecule has 0 aliphatic heterocycles. The van der Waals surface area contributed by atoms with Crippen LogP contribution in [0.15, 0.2) is 24.3 Å². The zero-order chi connectivity index (χ0) is 15.0. The van der Waals surface area contributed by atoms with Crippen molar-refractivity contribution in [3.63, 3.8) is 0 Å². The predicted molar refractivity (Wildman–Crippen MR) is 68.1 cm³/mol. The molecule has 0 aliphatic rings. The van der Waals surface area contributed by atoms with Gasteiger partial charge in [-0.3, -0.25) is 4.79 Å². The average molecular weight is 289 g/mol. The summed E-state index contributed by atoms with van der Waals surface area (Å²) in [6, 6.07) is 6.65. The second-order valence-electron chi connectivity index (χ2n) is 3.90. The lowest BCUT2D eigenvalue weighted by atomic mass is 10.3. The van der Waals surface area contributed by atoms with Crippen LogP contribution in [0.25, 0.3) is 0 Å². The van der Waals surface area contributed by atoms with E-state index in [4.69, 9.17) is 14.6 Å². The molecule has 0 fully saturated rings. The Morgan fingerprint density at radius 1 is 1.25 bits per heavy atom. The molecule has 0 radical (unpaired) electrons. The first-order chi connectivity index (χ1) is 9.52. The standard InChI is InChI=1S/C13H17F2NO4/c1-2-19-9-3-5-10(6-4-9)20-8-12(18)16-7-11(17)13(14)15/h3-6,11,13,17H,2,7-8H2,1H3,(H,16,18). The summed E-state index contributed by atoms with van der Waals surface area (Å²) in [7, 11) is 0. The van der Waals surface area contributed by atoms with E-state index in [0.29, 0.717) is 18.1 Å². The molecule has 0 saturated heterocycles. The van der Waals surface area contributed by atoms with Gasteiger partial charge in [-0.2, -0.15) is 0 Å². The van der Waals surface area contributed by atoms with Gasteiger partial charge in [0.1, 0.15) is 17.6 Å². The highest BCUT2D eigenvalue weighted by molar-refractivity contribution is 5.77. The van der Waals surface area contributed by atoms with E-state index in [9.17, 15) is 13.6 Å². The molecule has 0 saturated carbocycles. The molecule has 0 spiro atoms. The van der Waals surface area contributed by atoms with Crippen molar-refractivity contribution in [2.75, 3.05) is 19.8 Å². The third kappa shape index (κ3) is 5.83. The number of aliphatic hydroxyl groups is 1. The van der Waals surface area contributed by atoms with Gasteiger partial charge in [-0.25, -0.2) is 8.78 Å². The Bertz CT molecular complexity index is 411. The molecule has 1 aromatic carbocycles. The number of alkyl halides is 2. The minimum absolute atomic E-state index is 0.316. The van der Waals surface area contributed by atoms with Crippen molar-refractivity contribution >= 4 is 5.91 Å². The van der Waals surface area contributed by atoms with Gasteiger partial charge in [-0.15, -0.1) is 0 Å². The van der Waals surface area contributed by atoms with Crippen LogP contribution in [0.1, 0.15) is 6.92 Å². The van der Waals surface area contributed by atoms with E-state index in [1.807, 2.05) is 6.92 Å². The molecular formula is C13H17F2NO4. The fraction of sp³-hybridized carbons (Fsp3) is 0.462. The monoisotopic (exact) mass is 289 g/mol. The van der Waals surface area contributed by atoms with Crippen LogP contribution in [0, 0.1) is 0 Å². The molecule has 7 heteroatoms. The van der Waals surface area contributed by atoms with Crippen molar-refractivity contribution in [1.82, 2.24) is 5.32 Å². The summed E-state index contributed by atoms with van der Waals surface area (Å²) in [6.45, 7) is 1.59. The van der Waals surface area contributed by atoms with Crippen molar-refractivity contribution in [3.05, 3.63) is 24.3 Å². The zero-order valence-corrected chi connectivity index (χ0v) is 11.0. The number of carbonyl (C=O) groups excluding carboxylic acids is 1. The first-order valence-corrected chi connectivity index (χ1v) is 6.11. The third-order valence-electron chi connectivity index (χ3n) is 2.30. The van der Waals surface area contributed by atoms with E-state index in [0.717, 1.165) is 0 Å². The maximum atomic E-state index is 12.0. The highest BCUT2D eigenvalue weighted by atomic mass is 19.3. The van der Waals surface area contributed by atoms with Crippen molar-refractivity contribution in [2.45, 2.75) is 19.5 Å². The second-order valence-corrected chi connectivity index (χ2v) is 3.90. The Morgan fingerprint density at radius 2 is 1.80 bits per heavy atom. The largest absolute Gasteiger partial charge is 0.494 e. The number of amides is 1. The van der Waals surface area contributed by atoms with E-state index in [1.54, 1.807) is 24.3 Å². The molecule has 5 nitrogen and oxygen atoms in total. The number of rotatable bonds is 8. The van der Waals surface area contributed by atoms with Crippen LogP contribution in [0.3, 0.4) is 0 Å². The summed E-state index contributed by atoms with van der Waals surface area (Å²) in [5.41, 5.74) is 0. The summed E-state index contributed by atoms with van der Waals surface area (Å²) in [6.07, 6.45) is -4.76. The molecular weight excluding hydrogens is 272 g/mol. The van der Waals surface area contributed by atoms with Crippen molar-refractivity contribution in [1.29, 1.82) is 0 Å². The van der Waals surface area contributed by atoms with Gasteiger partial charge < -0.3 is 19.9 Å². The van der Waals surface area contributed by atoms with E-state index in [2.05, 4.69) is 5.32 Å². The van der Waals surface area contributed by atoms with Gasteiger partial charge in [0, 0.05) is 6.54 Å². The van der Waals surface area contributed by atoms with E-state index < -0.39 is 25.0 Å². The molecule has 1 rings (SSSR count). The minimum atomic E-state index is -2.89. The number of halogens is 2. The van der Waals surface area contributed by atoms with Crippen LogP contribution in [-0.2, 0) is 4.79 Å². The number of nitrogens with one attached hydrogen (secondary N) is 1. The average Bonchev–Trinajstić information content (AvgIpc) is 2.44. The van der Waals surface area contributed by atoms with Gasteiger partial charge in [-0.05, 0) is 31.2 Å². The highest BCUT2D eigenvalue weighted by Gasteiger charge is 2.17. The number of benzene rings is 1. The molecule has 1 atom stereocenters. The molecule has 0 bridgehead atoms. The lowest BCUT2D eigenvalue weighted by Gasteiger charge is -2.11. The Hall–Kier alpha value is -1.89. The number of carbonyl (C=O) groups is 1. The van der Waals surface area contributed by atoms with Crippen LogP contribution in [0.2, 0.25) is 0 Å². The van der Waals surface area contributed by atoms with Crippen LogP contribution < -0.4 is 14.8 Å². The Balaban J connectivity index is 2.30. The SMILES string of the molecule is CCOc1ccc(OCC(=O)NCC(O)C(F)F)cc1. The van der Waals surface area contributed by atoms with Gasteiger partial charge in [0.25, 0.3) is 12.3 Å². The summed E-state index contributed by atoms with van der Waals surface area (Å²) in [4.78, 5) is 11.3. The van der Waals surface area contributed by atoms with E-state index >= 15 is 0 Å². The fourth-order valence-corrected chi connectivity index (χ4v) is 1.31. The van der Waals surface area contributed by atoms with Crippen LogP contribution in [-0.4, -0.2) is 43.3 Å². The van der Waals surface area contributed by atoms with E-state index in [1.165, 1.54) is 0 Å². The van der Waals surface area contributed by atoms with Crippen LogP contribution in [0.5, 0.6) is 11.5 Å². The number of ether oxygens (including phenoxy) is 2. The first kappa shape index (κ1) is 16.2. The summed E-state index contributed by atoms with van der Waals surface area (Å²) in [5, 5.41) is 11.0. The summed E-state index contributed by atoms with van der Waals surface area (Å²) >= 11 is 0. The quantitative estimate of drug-likeness (QED) is 0.755. The number of hydrogen-bond acceptors (Lipinski definition) is 4. The molecule has 20 heavy (non-hydrogen) atoms. The fourth-order valence-electron chi connectivity index (χ4n) is 1.31. The van der Waals surface area contributed by atoms with Gasteiger partial charge in [0.15, 0.2) is 6.61 Å². The van der Waals surface area contributed by atoms with E-state index in [-0.39, 0.29) is 6.61 Å². The molecule has 2 N–H and O–H groups in total. The molecule has 1 amide bonds. The molecule has 0 aliphatic carbocycles. The third-order valence-corrected chi connectivity index (χ3v) is 2.30. The topological polar surface area (TPSA) is 67.8 Å². The van der Waals surface area contributed by atoms with Crippen LogP contribution in [0.4, 0.5) is 8.78 Å². The summed E-state index contributed by atoms with van der Waals surface area (Å²) in [5.74, 6) is 0.556. The molecule has 0 aromatic heterocycles. The number of aliphatic hydroxyl groups excluding tert-OH is 1. The van der Waals surface area contributed by atoms with Crippen molar-refractivity contribution < 1.29 is 28.2 Å². The summed E-state index contributed by atoms with van der Waals surface area (Å²) < 4.78 is 34.4. The lowest BCUT2D eigenvalue weighted by Crippen LogP contribution is -2.38. The molecule has 1 unspecified atom stereocenters. The number of hydrogen-bond donors (Lipinski definition) is 2. The van der Waals surface area contributed by atoms with Gasteiger partial charge in [0.05, 0.1) is 6.61 Å². The molecule has 0 heterocycles. The maximum Gasteiger partial charge on any atom is 0.265 e. The van der Waals surface area contributed by atoms with Crippen molar-refractivity contribution in [2.24, 2.45) is 0 Å². The van der Waals surface area contributed by atoms with Crippen LogP contribution >= 0.6 is 0 Å². The van der Waals surface area contributed by atoms with Gasteiger partial charge >= 0.3 is 0 Å². The Morgan fingerprint density at radius 3 is 2.30 bits per heavy atom. The lowest BCUT2D eigenvalue weighted by molar-refractivity contribution is -0.124. The predicted octanol–water partition coefficient (Wildman–Crippen LogP) is 1.21. The maximum absolute atomic E-state index is 12.0. The molecule has 1 aromatic rings. The minimum Gasteiger partial charge on any atom is -0.494 e. The first-order valence-electron chi connectivity index (χ1n) is 6.11. The normalized spacial score (nSPS) is 12.1. The Kier molecular flexibility index (Phi) is 6.72.